The summed E-state index contributed by atoms with van der Waals surface area (Å²) in [5, 5.41) is 2.92. The maximum Gasteiger partial charge on any atom is 0.264 e. The van der Waals surface area contributed by atoms with Crippen molar-refractivity contribution >= 4 is 39.1 Å². The minimum Gasteiger partial charge on any atom is -0.495 e. The van der Waals surface area contributed by atoms with E-state index in [1.165, 1.54) is 42.3 Å². The number of hydrogen-bond donors (Lipinski definition) is 1. The van der Waals surface area contributed by atoms with Gasteiger partial charge in [0.25, 0.3) is 10.0 Å². The molecule has 0 saturated carbocycles. The maximum atomic E-state index is 13.7. The number of carbonyl (C=O) groups excluding carboxylic acids is 2. The van der Waals surface area contributed by atoms with Crippen LogP contribution in [-0.4, -0.2) is 51.4 Å². The lowest BCUT2D eigenvalue weighted by Crippen LogP contribution is -2.51. The SMILES string of the molecule is CCNC(=O)C(C)N(Cc1ccccc1)C(=O)CN(c1ccc(OC)c(Cl)c1)S(=O)(=O)c1ccccc1. The van der Waals surface area contributed by atoms with Crippen molar-refractivity contribution in [3.8, 4) is 5.75 Å². The van der Waals surface area contributed by atoms with Crippen LogP contribution < -0.4 is 14.4 Å². The van der Waals surface area contributed by atoms with E-state index in [2.05, 4.69) is 5.32 Å². The number of halogens is 1. The van der Waals surface area contributed by atoms with Crippen LogP contribution in [0.1, 0.15) is 19.4 Å². The van der Waals surface area contributed by atoms with Crippen molar-refractivity contribution in [1.82, 2.24) is 10.2 Å². The van der Waals surface area contributed by atoms with E-state index < -0.39 is 28.5 Å². The molecule has 0 aliphatic carbocycles. The average Bonchev–Trinajstić information content (AvgIpc) is 2.91. The molecule has 0 fully saturated rings. The van der Waals surface area contributed by atoms with E-state index in [4.69, 9.17) is 16.3 Å². The van der Waals surface area contributed by atoms with Crippen LogP contribution in [-0.2, 0) is 26.2 Å². The van der Waals surface area contributed by atoms with Gasteiger partial charge in [-0.05, 0) is 49.7 Å². The van der Waals surface area contributed by atoms with Gasteiger partial charge in [-0.15, -0.1) is 0 Å². The summed E-state index contributed by atoms with van der Waals surface area (Å²) in [6.07, 6.45) is 0. The molecule has 1 N–H and O–H groups in total. The van der Waals surface area contributed by atoms with Gasteiger partial charge < -0.3 is 15.0 Å². The zero-order valence-electron chi connectivity index (χ0n) is 20.9. The van der Waals surface area contributed by atoms with Crippen LogP contribution in [0, 0.1) is 0 Å². The second kappa shape index (κ2) is 12.6. The molecule has 0 heterocycles. The molecule has 10 heteroatoms. The van der Waals surface area contributed by atoms with Gasteiger partial charge in [0.05, 0.1) is 22.7 Å². The molecule has 0 aliphatic rings. The largest absolute Gasteiger partial charge is 0.495 e. The molecule has 3 rings (SSSR count). The third kappa shape index (κ3) is 6.81. The summed E-state index contributed by atoms with van der Waals surface area (Å²) in [5.41, 5.74) is 0.991. The Bertz CT molecular complexity index is 1320. The highest BCUT2D eigenvalue weighted by Gasteiger charge is 2.32. The Morgan fingerprint density at radius 3 is 2.19 bits per heavy atom. The summed E-state index contributed by atoms with van der Waals surface area (Å²) in [4.78, 5) is 27.8. The van der Waals surface area contributed by atoms with Crippen LogP contribution >= 0.6 is 11.6 Å². The van der Waals surface area contributed by atoms with Gasteiger partial charge in [0.1, 0.15) is 18.3 Å². The quantitative estimate of drug-likeness (QED) is 0.393. The van der Waals surface area contributed by atoms with Gasteiger partial charge in [-0.25, -0.2) is 8.42 Å². The molecule has 1 unspecified atom stereocenters. The van der Waals surface area contributed by atoms with Crippen molar-refractivity contribution in [2.75, 3.05) is 24.5 Å². The fraction of sp³-hybridized carbons (Fsp3) is 0.259. The number of nitrogens with one attached hydrogen (secondary N) is 1. The van der Waals surface area contributed by atoms with E-state index in [0.717, 1.165) is 9.87 Å². The minimum atomic E-state index is -4.16. The van der Waals surface area contributed by atoms with Crippen LogP contribution in [0.5, 0.6) is 5.75 Å². The van der Waals surface area contributed by atoms with Crippen LogP contribution in [0.25, 0.3) is 0 Å². The van der Waals surface area contributed by atoms with E-state index in [-0.39, 0.29) is 28.1 Å². The third-order valence-corrected chi connectivity index (χ3v) is 7.83. The smallest absolute Gasteiger partial charge is 0.264 e. The van der Waals surface area contributed by atoms with Crippen LogP contribution in [0.3, 0.4) is 0 Å². The number of ether oxygens (including phenoxy) is 1. The number of carbonyl (C=O) groups is 2. The van der Waals surface area contributed by atoms with Gasteiger partial charge in [-0.1, -0.05) is 60.1 Å². The molecule has 8 nitrogen and oxygen atoms in total. The van der Waals surface area contributed by atoms with Crippen molar-refractivity contribution in [1.29, 1.82) is 0 Å². The lowest BCUT2D eigenvalue weighted by atomic mass is 10.1. The average molecular weight is 544 g/mol. The summed E-state index contributed by atoms with van der Waals surface area (Å²) < 4.78 is 33.6. The van der Waals surface area contributed by atoms with Gasteiger partial charge in [0, 0.05) is 13.1 Å². The van der Waals surface area contributed by atoms with Crippen LogP contribution in [0.4, 0.5) is 5.69 Å². The molecule has 0 aromatic heterocycles. The van der Waals surface area contributed by atoms with Crippen LogP contribution in [0.15, 0.2) is 83.8 Å². The van der Waals surface area contributed by atoms with E-state index in [9.17, 15) is 18.0 Å². The fourth-order valence-corrected chi connectivity index (χ4v) is 5.42. The predicted molar refractivity (Wildman–Crippen MR) is 144 cm³/mol. The van der Waals surface area contributed by atoms with Crippen molar-refractivity contribution in [3.63, 3.8) is 0 Å². The number of hydrogen-bond acceptors (Lipinski definition) is 5. The van der Waals surface area contributed by atoms with Crippen molar-refractivity contribution in [2.45, 2.75) is 31.3 Å². The first kappa shape index (κ1) is 28.0. The zero-order chi connectivity index (χ0) is 27.0. The number of sulfonamides is 1. The van der Waals surface area contributed by atoms with E-state index in [1.807, 2.05) is 30.3 Å². The number of nitrogens with zero attached hydrogens (tertiary/aromatic N) is 2. The first-order valence-electron chi connectivity index (χ1n) is 11.7. The molecule has 0 saturated heterocycles. The second-order valence-corrected chi connectivity index (χ2v) is 10.5. The van der Waals surface area contributed by atoms with Crippen LogP contribution in [0.2, 0.25) is 5.02 Å². The highest BCUT2D eigenvalue weighted by molar-refractivity contribution is 7.92. The van der Waals surface area contributed by atoms with Crippen molar-refractivity contribution in [2.24, 2.45) is 0 Å². The Kier molecular flexibility index (Phi) is 9.54. The van der Waals surface area contributed by atoms with Gasteiger partial charge >= 0.3 is 0 Å². The molecular weight excluding hydrogens is 514 g/mol. The number of methoxy groups -OCH3 is 1. The Labute approximate surface area is 222 Å². The van der Waals surface area contributed by atoms with E-state index in [0.29, 0.717) is 12.3 Å². The Balaban J connectivity index is 2.04. The molecule has 0 spiro atoms. The zero-order valence-corrected chi connectivity index (χ0v) is 22.5. The Morgan fingerprint density at radius 2 is 1.62 bits per heavy atom. The highest BCUT2D eigenvalue weighted by Crippen LogP contribution is 2.32. The van der Waals surface area contributed by atoms with Crippen molar-refractivity contribution in [3.05, 3.63) is 89.4 Å². The summed E-state index contributed by atoms with van der Waals surface area (Å²) in [6.45, 7) is 3.38. The summed E-state index contributed by atoms with van der Waals surface area (Å²) >= 11 is 6.31. The minimum absolute atomic E-state index is 0.0149. The van der Waals surface area contributed by atoms with Gasteiger partial charge in [0.2, 0.25) is 11.8 Å². The topological polar surface area (TPSA) is 96.0 Å². The van der Waals surface area contributed by atoms with Gasteiger partial charge in [-0.2, -0.15) is 0 Å². The first-order chi connectivity index (χ1) is 17.7. The molecule has 0 radical (unpaired) electrons. The summed E-state index contributed by atoms with van der Waals surface area (Å²) in [5.74, 6) is -0.518. The Morgan fingerprint density at radius 1 is 1.00 bits per heavy atom. The molecule has 3 aromatic carbocycles. The normalized spacial score (nSPS) is 11.9. The number of likely N-dealkylation sites (N-methyl/N-ethyl adjacent to an activating group) is 1. The number of rotatable bonds is 11. The lowest BCUT2D eigenvalue weighted by Gasteiger charge is -2.32. The molecule has 0 aliphatic heterocycles. The Hall–Kier alpha value is -3.56. The summed E-state index contributed by atoms with van der Waals surface area (Å²) in [7, 11) is -2.71. The van der Waals surface area contributed by atoms with E-state index >= 15 is 0 Å². The molecule has 3 aromatic rings. The van der Waals surface area contributed by atoms with E-state index in [1.54, 1.807) is 32.0 Å². The molecule has 2 amide bonds. The monoisotopic (exact) mass is 543 g/mol. The van der Waals surface area contributed by atoms with Gasteiger partial charge in [-0.3, -0.25) is 13.9 Å². The molecular formula is C27H30ClN3O5S. The maximum absolute atomic E-state index is 13.7. The molecule has 1 atom stereocenters. The number of benzene rings is 3. The first-order valence-corrected chi connectivity index (χ1v) is 13.5. The third-order valence-electron chi connectivity index (χ3n) is 5.75. The molecule has 0 bridgehead atoms. The predicted octanol–water partition coefficient (Wildman–Crippen LogP) is 4.10. The standard InChI is InChI=1S/C27H30ClN3O5S/c1-4-29-27(33)20(2)30(18-21-11-7-5-8-12-21)26(32)19-31(22-15-16-25(36-3)24(28)17-22)37(34,35)23-13-9-6-10-14-23/h5-17,20H,4,18-19H2,1-3H3,(H,29,33). The summed E-state index contributed by atoms with van der Waals surface area (Å²) in [6, 6.07) is 20.7. The second-order valence-electron chi connectivity index (χ2n) is 8.22. The number of anilines is 1. The fourth-order valence-electron chi connectivity index (χ4n) is 3.74. The molecule has 196 valence electrons. The lowest BCUT2D eigenvalue weighted by molar-refractivity contribution is -0.139. The molecule has 37 heavy (non-hydrogen) atoms. The highest BCUT2D eigenvalue weighted by atomic mass is 35.5. The van der Waals surface area contributed by atoms with Crippen molar-refractivity contribution < 1.29 is 22.7 Å². The number of amides is 2. The van der Waals surface area contributed by atoms with Gasteiger partial charge in [0.15, 0.2) is 0 Å².